The van der Waals surface area contributed by atoms with Gasteiger partial charge >= 0.3 is 0 Å². The lowest BCUT2D eigenvalue weighted by Gasteiger charge is -2.16. The zero-order chi connectivity index (χ0) is 12.0. The molecule has 0 aliphatic heterocycles. The van der Waals surface area contributed by atoms with Crippen LogP contribution in [0.3, 0.4) is 0 Å². The van der Waals surface area contributed by atoms with Crippen LogP contribution in [-0.4, -0.2) is 49.4 Å². The average Bonchev–Trinajstić information content (AvgIpc) is 3.07. The number of hydrogen-bond acceptors (Lipinski definition) is 3. The van der Waals surface area contributed by atoms with Gasteiger partial charge in [-0.3, -0.25) is 9.59 Å². The lowest BCUT2D eigenvalue weighted by molar-refractivity contribution is -0.129. The molecule has 0 bridgehead atoms. The Kier molecular flexibility index (Phi) is 5.25. The van der Waals surface area contributed by atoms with E-state index in [9.17, 15) is 9.59 Å². The smallest absolute Gasteiger partial charge is 0.236 e. The van der Waals surface area contributed by atoms with Crippen LogP contribution in [0.1, 0.15) is 26.2 Å². The summed E-state index contributed by atoms with van der Waals surface area (Å²) < 4.78 is 0. The molecule has 1 aliphatic rings. The Balaban J connectivity index is 2.01. The van der Waals surface area contributed by atoms with Crippen molar-refractivity contribution in [2.45, 2.75) is 32.2 Å². The molecular formula is C11H21N3O2. The Labute approximate surface area is 96.6 Å². The van der Waals surface area contributed by atoms with E-state index in [0.717, 1.165) is 12.8 Å². The van der Waals surface area contributed by atoms with Gasteiger partial charge in [-0.1, -0.05) is 0 Å². The standard InChI is InChI=1S/C11H21N3O2/c1-3-13-10(15)6-7-12-8-11(16)14(2)9-4-5-9/h9,12H,3-8H2,1-2H3,(H,13,15). The third kappa shape index (κ3) is 4.61. The Morgan fingerprint density at radius 3 is 2.62 bits per heavy atom. The fourth-order valence-electron chi connectivity index (χ4n) is 1.47. The molecular weight excluding hydrogens is 206 g/mol. The molecule has 2 N–H and O–H groups in total. The van der Waals surface area contributed by atoms with Crippen molar-refractivity contribution in [2.24, 2.45) is 0 Å². The van der Waals surface area contributed by atoms with Gasteiger partial charge in [0.15, 0.2) is 0 Å². The van der Waals surface area contributed by atoms with Gasteiger partial charge in [0.05, 0.1) is 6.54 Å². The zero-order valence-electron chi connectivity index (χ0n) is 10.1. The molecule has 1 aliphatic carbocycles. The van der Waals surface area contributed by atoms with E-state index >= 15 is 0 Å². The number of hydrogen-bond donors (Lipinski definition) is 2. The molecule has 0 aromatic carbocycles. The number of rotatable bonds is 7. The number of amides is 2. The molecule has 1 rings (SSSR count). The van der Waals surface area contributed by atoms with Gasteiger partial charge in [-0.2, -0.15) is 0 Å². The number of nitrogens with zero attached hydrogens (tertiary/aromatic N) is 1. The van der Waals surface area contributed by atoms with E-state index in [2.05, 4.69) is 10.6 Å². The van der Waals surface area contributed by atoms with Crippen LogP contribution in [0.5, 0.6) is 0 Å². The molecule has 1 saturated carbocycles. The number of carbonyl (C=O) groups excluding carboxylic acids is 2. The first-order chi connectivity index (χ1) is 7.65. The summed E-state index contributed by atoms with van der Waals surface area (Å²) in [6.07, 6.45) is 2.68. The van der Waals surface area contributed by atoms with Crippen molar-refractivity contribution >= 4 is 11.8 Å². The van der Waals surface area contributed by atoms with Crippen molar-refractivity contribution in [2.75, 3.05) is 26.7 Å². The van der Waals surface area contributed by atoms with E-state index in [4.69, 9.17) is 0 Å². The molecule has 0 radical (unpaired) electrons. The molecule has 0 heterocycles. The lowest BCUT2D eigenvalue weighted by atomic mass is 10.4. The minimum absolute atomic E-state index is 0.0259. The highest BCUT2D eigenvalue weighted by atomic mass is 16.2. The Morgan fingerprint density at radius 1 is 1.38 bits per heavy atom. The van der Waals surface area contributed by atoms with Crippen LogP contribution >= 0.6 is 0 Å². The first-order valence-electron chi connectivity index (χ1n) is 5.88. The van der Waals surface area contributed by atoms with Gasteiger partial charge in [0.1, 0.15) is 0 Å². The second kappa shape index (κ2) is 6.48. The Morgan fingerprint density at radius 2 is 2.06 bits per heavy atom. The highest BCUT2D eigenvalue weighted by Crippen LogP contribution is 2.24. The monoisotopic (exact) mass is 227 g/mol. The molecule has 2 amide bonds. The molecule has 0 unspecified atom stereocenters. The normalized spacial score (nSPS) is 14.6. The van der Waals surface area contributed by atoms with Crippen molar-refractivity contribution in [3.05, 3.63) is 0 Å². The third-order valence-corrected chi connectivity index (χ3v) is 2.67. The van der Waals surface area contributed by atoms with E-state index in [1.165, 1.54) is 0 Å². The topological polar surface area (TPSA) is 61.4 Å². The summed E-state index contributed by atoms with van der Waals surface area (Å²) >= 11 is 0. The van der Waals surface area contributed by atoms with Crippen molar-refractivity contribution in [3.63, 3.8) is 0 Å². The first kappa shape index (κ1) is 13.0. The zero-order valence-corrected chi connectivity index (χ0v) is 10.1. The van der Waals surface area contributed by atoms with Crippen LogP contribution in [0, 0.1) is 0 Å². The van der Waals surface area contributed by atoms with Crippen molar-refractivity contribution in [3.8, 4) is 0 Å². The summed E-state index contributed by atoms with van der Waals surface area (Å²) in [5.41, 5.74) is 0. The van der Waals surface area contributed by atoms with Gasteiger partial charge in [-0.05, 0) is 19.8 Å². The summed E-state index contributed by atoms with van der Waals surface area (Å²) in [6, 6.07) is 0.456. The maximum atomic E-state index is 11.6. The predicted molar refractivity (Wildman–Crippen MR) is 62.0 cm³/mol. The quantitative estimate of drug-likeness (QED) is 0.588. The van der Waals surface area contributed by atoms with Crippen molar-refractivity contribution in [1.29, 1.82) is 0 Å². The van der Waals surface area contributed by atoms with Crippen LogP contribution in [0.2, 0.25) is 0 Å². The van der Waals surface area contributed by atoms with Gasteiger partial charge in [-0.15, -0.1) is 0 Å². The maximum absolute atomic E-state index is 11.6. The van der Waals surface area contributed by atoms with E-state index < -0.39 is 0 Å². The SMILES string of the molecule is CCNC(=O)CCNCC(=O)N(C)C1CC1. The van der Waals surface area contributed by atoms with Gasteiger partial charge in [0.25, 0.3) is 0 Å². The van der Waals surface area contributed by atoms with E-state index in [1.807, 2.05) is 14.0 Å². The minimum Gasteiger partial charge on any atom is -0.356 e. The molecule has 0 aromatic rings. The summed E-state index contributed by atoms with van der Waals surface area (Å²) in [7, 11) is 1.84. The summed E-state index contributed by atoms with van der Waals surface area (Å²) in [4.78, 5) is 24.4. The third-order valence-electron chi connectivity index (χ3n) is 2.67. The molecule has 5 nitrogen and oxygen atoms in total. The Bertz CT molecular complexity index is 252. The summed E-state index contributed by atoms with van der Waals surface area (Å²) in [6.45, 7) is 3.42. The second-order valence-corrected chi connectivity index (χ2v) is 4.12. The molecule has 16 heavy (non-hydrogen) atoms. The van der Waals surface area contributed by atoms with E-state index in [0.29, 0.717) is 32.1 Å². The molecule has 92 valence electrons. The Hall–Kier alpha value is -1.10. The number of likely N-dealkylation sites (N-methyl/N-ethyl adjacent to an activating group) is 1. The van der Waals surface area contributed by atoms with Crippen LogP contribution in [0.4, 0.5) is 0 Å². The summed E-state index contributed by atoms with van der Waals surface area (Å²) in [5, 5.41) is 5.70. The second-order valence-electron chi connectivity index (χ2n) is 4.12. The highest BCUT2D eigenvalue weighted by Gasteiger charge is 2.28. The largest absolute Gasteiger partial charge is 0.356 e. The fraction of sp³-hybridized carbons (Fsp3) is 0.818. The highest BCUT2D eigenvalue weighted by molar-refractivity contribution is 5.79. The molecule has 0 aromatic heterocycles. The van der Waals surface area contributed by atoms with Gasteiger partial charge in [0.2, 0.25) is 11.8 Å². The van der Waals surface area contributed by atoms with Gasteiger partial charge in [0, 0.05) is 32.6 Å². The predicted octanol–water partition coefficient (Wildman–Crippen LogP) is -0.277. The minimum atomic E-state index is 0.0259. The summed E-state index contributed by atoms with van der Waals surface area (Å²) in [5.74, 6) is 0.136. The first-order valence-corrected chi connectivity index (χ1v) is 5.88. The average molecular weight is 227 g/mol. The van der Waals surface area contributed by atoms with E-state index in [-0.39, 0.29) is 11.8 Å². The van der Waals surface area contributed by atoms with Crippen LogP contribution in [0.15, 0.2) is 0 Å². The van der Waals surface area contributed by atoms with Crippen molar-refractivity contribution in [1.82, 2.24) is 15.5 Å². The molecule has 0 atom stereocenters. The van der Waals surface area contributed by atoms with Crippen LogP contribution in [0.25, 0.3) is 0 Å². The van der Waals surface area contributed by atoms with Gasteiger partial charge in [-0.25, -0.2) is 0 Å². The molecule has 1 fully saturated rings. The lowest BCUT2D eigenvalue weighted by Crippen LogP contribution is -2.38. The molecule has 5 heteroatoms. The van der Waals surface area contributed by atoms with Gasteiger partial charge < -0.3 is 15.5 Å². The van der Waals surface area contributed by atoms with Crippen molar-refractivity contribution < 1.29 is 9.59 Å². The van der Waals surface area contributed by atoms with Crippen LogP contribution < -0.4 is 10.6 Å². The fourth-order valence-corrected chi connectivity index (χ4v) is 1.47. The van der Waals surface area contributed by atoms with Crippen LogP contribution in [-0.2, 0) is 9.59 Å². The molecule has 0 spiro atoms. The number of nitrogens with one attached hydrogen (secondary N) is 2. The maximum Gasteiger partial charge on any atom is 0.236 e. The van der Waals surface area contributed by atoms with E-state index in [1.54, 1.807) is 4.90 Å². The molecule has 0 saturated heterocycles. The number of carbonyl (C=O) groups is 2.